The fraction of sp³-hybridized carbons (Fsp3) is 0.625. The largest absolute Gasteiger partial charge is 0.504 e. The molecule has 2 spiro atoms. The highest BCUT2D eigenvalue weighted by Gasteiger charge is 2.77. The van der Waals surface area contributed by atoms with E-state index in [1.54, 1.807) is 6.07 Å². The summed E-state index contributed by atoms with van der Waals surface area (Å²) < 4.78 is 12.5. The molecule has 0 amide bonds. The van der Waals surface area contributed by atoms with Crippen LogP contribution < -0.4 is 4.74 Å². The number of fused-ring (bicyclic) bond motifs is 1. The maximum atomic E-state index is 12.4. The molecule has 0 radical (unpaired) electrons. The van der Waals surface area contributed by atoms with Gasteiger partial charge < -0.3 is 19.7 Å². The lowest BCUT2D eigenvalue weighted by molar-refractivity contribution is -0.236. The Kier molecular flexibility index (Phi) is 3.07. The van der Waals surface area contributed by atoms with Gasteiger partial charge in [0.1, 0.15) is 0 Å². The summed E-state index contributed by atoms with van der Waals surface area (Å²) in [5, 5.41) is 23.1. The third-order valence-corrected chi connectivity index (χ3v) is 9.02. The van der Waals surface area contributed by atoms with Crippen LogP contribution in [0.15, 0.2) is 24.3 Å². The highest BCUT2D eigenvalue weighted by molar-refractivity contribution is 5.91. The van der Waals surface area contributed by atoms with Crippen molar-refractivity contribution in [2.75, 3.05) is 13.1 Å². The van der Waals surface area contributed by atoms with E-state index >= 15 is 0 Å². The van der Waals surface area contributed by atoms with Crippen molar-refractivity contribution in [2.24, 2.45) is 5.92 Å². The molecule has 30 heavy (non-hydrogen) atoms. The van der Waals surface area contributed by atoms with E-state index < -0.39 is 22.7 Å². The first-order valence-electron chi connectivity index (χ1n) is 11.3. The molecule has 6 aliphatic rings. The number of phenols is 1. The van der Waals surface area contributed by atoms with E-state index in [0.29, 0.717) is 30.6 Å². The van der Waals surface area contributed by atoms with Crippen LogP contribution in [0, 0.1) is 5.92 Å². The van der Waals surface area contributed by atoms with E-state index in [1.807, 2.05) is 6.07 Å². The van der Waals surface area contributed by atoms with E-state index in [4.69, 9.17) is 9.47 Å². The first-order valence-corrected chi connectivity index (χ1v) is 11.3. The summed E-state index contributed by atoms with van der Waals surface area (Å²) in [6.07, 6.45) is 5.12. The molecule has 0 aromatic heterocycles. The molecule has 1 aromatic rings. The van der Waals surface area contributed by atoms with Crippen molar-refractivity contribution in [3.63, 3.8) is 0 Å². The zero-order valence-electron chi connectivity index (χ0n) is 17.0. The average molecular weight is 409 g/mol. The highest BCUT2D eigenvalue weighted by Crippen LogP contribution is 2.68. The minimum absolute atomic E-state index is 0.0265. The number of aromatic hydroxyl groups is 1. The van der Waals surface area contributed by atoms with Crippen LogP contribution in [-0.2, 0) is 21.4 Å². The standard InChI is InChI=1S/C24H27NO5/c1-13-11-22(30-20(13)27)6-7-24(28)17-10-15-4-5-16(26)19-18(15)23(24,21(22)29-19)8-9-25(17)12-14-2-3-14/h4-5,14,17,21,26,28H,1-3,6-12H2/t17-,21+,22?,23+,24-/m1/s1. The van der Waals surface area contributed by atoms with Gasteiger partial charge in [-0.05, 0) is 62.6 Å². The molecular formula is C24H27NO5. The molecule has 7 rings (SSSR count). The molecular weight excluding hydrogens is 382 g/mol. The number of benzene rings is 1. The van der Waals surface area contributed by atoms with E-state index in [1.165, 1.54) is 12.8 Å². The quantitative estimate of drug-likeness (QED) is 0.576. The second-order valence-corrected chi connectivity index (χ2v) is 10.5. The summed E-state index contributed by atoms with van der Waals surface area (Å²) in [7, 11) is 0. The van der Waals surface area contributed by atoms with E-state index in [-0.39, 0.29) is 17.8 Å². The number of likely N-dealkylation sites (tertiary alicyclic amines) is 1. The zero-order valence-corrected chi connectivity index (χ0v) is 17.0. The third kappa shape index (κ3) is 1.83. The van der Waals surface area contributed by atoms with Gasteiger partial charge in [-0.2, -0.15) is 0 Å². The van der Waals surface area contributed by atoms with E-state index in [0.717, 1.165) is 43.0 Å². The maximum Gasteiger partial charge on any atom is 0.334 e. The Labute approximate surface area is 175 Å². The Bertz CT molecular complexity index is 999. The van der Waals surface area contributed by atoms with Crippen LogP contribution in [0.4, 0.5) is 0 Å². The molecule has 5 atom stereocenters. The van der Waals surface area contributed by atoms with Crippen molar-refractivity contribution in [1.82, 2.24) is 4.90 Å². The van der Waals surface area contributed by atoms with Crippen molar-refractivity contribution in [3.8, 4) is 11.5 Å². The number of carbonyl (C=O) groups is 1. The van der Waals surface area contributed by atoms with Crippen molar-refractivity contribution < 1.29 is 24.5 Å². The van der Waals surface area contributed by atoms with Gasteiger partial charge in [-0.15, -0.1) is 0 Å². The Balaban J connectivity index is 1.44. The first kappa shape index (κ1) is 17.6. The molecule has 3 heterocycles. The maximum absolute atomic E-state index is 12.4. The number of nitrogens with zero attached hydrogens (tertiary/aromatic N) is 1. The van der Waals surface area contributed by atoms with Crippen LogP contribution in [0.1, 0.15) is 49.7 Å². The molecule has 6 nitrogen and oxygen atoms in total. The molecule has 3 aliphatic carbocycles. The van der Waals surface area contributed by atoms with Gasteiger partial charge in [-0.3, -0.25) is 4.90 Å². The predicted molar refractivity (Wildman–Crippen MR) is 107 cm³/mol. The summed E-state index contributed by atoms with van der Waals surface area (Å²) in [4.78, 5) is 14.9. The Morgan fingerprint density at radius 3 is 2.80 bits per heavy atom. The Hall–Kier alpha value is -2.05. The molecule has 1 aromatic carbocycles. The lowest BCUT2D eigenvalue weighted by Gasteiger charge is -2.65. The average Bonchev–Trinajstić information content (AvgIpc) is 3.37. The van der Waals surface area contributed by atoms with Gasteiger partial charge >= 0.3 is 5.97 Å². The van der Waals surface area contributed by atoms with Crippen LogP contribution in [0.3, 0.4) is 0 Å². The number of carbonyl (C=O) groups excluding carboxylic acids is 1. The van der Waals surface area contributed by atoms with Crippen molar-refractivity contribution in [3.05, 3.63) is 35.4 Å². The van der Waals surface area contributed by atoms with Gasteiger partial charge in [0.15, 0.2) is 23.2 Å². The van der Waals surface area contributed by atoms with Gasteiger partial charge in [0, 0.05) is 30.1 Å². The van der Waals surface area contributed by atoms with Crippen molar-refractivity contribution >= 4 is 5.97 Å². The Morgan fingerprint density at radius 2 is 2.07 bits per heavy atom. The summed E-state index contributed by atoms with van der Waals surface area (Å²) in [6.45, 7) is 5.85. The number of piperidine rings is 1. The van der Waals surface area contributed by atoms with Crippen LogP contribution in [0.25, 0.3) is 0 Å². The summed E-state index contributed by atoms with van der Waals surface area (Å²) in [6, 6.07) is 3.73. The molecule has 6 heteroatoms. The van der Waals surface area contributed by atoms with Crippen molar-refractivity contribution in [1.29, 1.82) is 0 Å². The number of esters is 1. The minimum Gasteiger partial charge on any atom is -0.504 e. The van der Waals surface area contributed by atoms with Gasteiger partial charge in [-0.25, -0.2) is 4.79 Å². The van der Waals surface area contributed by atoms with Crippen LogP contribution in [0.5, 0.6) is 11.5 Å². The second kappa shape index (κ2) is 5.22. The monoisotopic (exact) mass is 409 g/mol. The normalized spacial score (nSPS) is 43.5. The summed E-state index contributed by atoms with van der Waals surface area (Å²) in [5.74, 6) is 0.986. The fourth-order valence-corrected chi connectivity index (χ4v) is 7.58. The Morgan fingerprint density at radius 1 is 1.23 bits per heavy atom. The van der Waals surface area contributed by atoms with Crippen LogP contribution >= 0.6 is 0 Å². The fourth-order valence-electron chi connectivity index (χ4n) is 7.58. The van der Waals surface area contributed by atoms with Gasteiger partial charge in [0.05, 0.1) is 11.0 Å². The number of hydrogen-bond acceptors (Lipinski definition) is 6. The zero-order chi connectivity index (χ0) is 20.5. The summed E-state index contributed by atoms with van der Waals surface area (Å²) in [5.41, 5.74) is 0.148. The van der Waals surface area contributed by atoms with Gasteiger partial charge in [0.2, 0.25) is 0 Å². The van der Waals surface area contributed by atoms with Gasteiger partial charge in [0.25, 0.3) is 0 Å². The summed E-state index contributed by atoms with van der Waals surface area (Å²) >= 11 is 0. The molecule has 158 valence electrons. The third-order valence-electron chi connectivity index (χ3n) is 9.02. The SMILES string of the molecule is C=C1CC2(CC[C@@]3(O)[C@H]4Cc5ccc(O)c6c5[C@@]3(CCN4CC3CC3)[C@H]2O6)OC1=O. The highest BCUT2D eigenvalue weighted by atomic mass is 16.6. The molecule has 2 bridgehead atoms. The number of hydrogen-bond donors (Lipinski definition) is 2. The van der Waals surface area contributed by atoms with Crippen molar-refractivity contribution in [2.45, 2.75) is 73.7 Å². The number of phenolic OH excluding ortho intramolecular Hbond substituents is 1. The predicted octanol–water partition coefficient (Wildman–Crippen LogP) is 2.20. The number of ether oxygens (including phenoxy) is 2. The van der Waals surface area contributed by atoms with E-state index in [9.17, 15) is 15.0 Å². The van der Waals surface area contributed by atoms with Gasteiger partial charge in [-0.1, -0.05) is 12.6 Å². The molecule has 4 fully saturated rings. The number of aliphatic hydroxyl groups is 1. The first-order chi connectivity index (χ1) is 14.4. The van der Waals surface area contributed by atoms with Crippen LogP contribution in [0.2, 0.25) is 0 Å². The lowest BCUT2D eigenvalue weighted by Crippen LogP contribution is -2.79. The molecule has 1 unspecified atom stereocenters. The molecule has 2 N–H and O–H groups in total. The van der Waals surface area contributed by atoms with Crippen LogP contribution in [-0.4, -0.2) is 57.5 Å². The second-order valence-electron chi connectivity index (χ2n) is 10.5. The smallest absolute Gasteiger partial charge is 0.334 e. The molecule has 3 aliphatic heterocycles. The molecule has 2 saturated carbocycles. The topological polar surface area (TPSA) is 79.2 Å². The van der Waals surface area contributed by atoms with E-state index in [2.05, 4.69) is 11.5 Å². The lowest BCUT2D eigenvalue weighted by atomic mass is 9.46. The number of rotatable bonds is 2. The molecule has 2 saturated heterocycles. The minimum atomic E-state index is -0.960.